The summed E-state index contributed by atoms with van der Waals surface area (Å²) >= 11 is 0. The van der Waals surface area contributed by atoms with Gasteiger partial charge in [0.15, 0.2) is 0 Å². The summed E-state index contributed by atoms with van der Waals surface area (Å²) in [4.78, 5) is 38.2. The highest BCUT2D eigenvalue weighted by molar-refractivity contribution is 6.08. The zero-order valence-corrected chi connectivity index (χ0v) is 17.2. The summed E-state index contributed by atoms with van der Waals surface area (Å²) in [6.45, 7) is 2.01. The summed E-state index contributed by atoms with van der Waals surface area (Å²) < 4.78 is 5.80. The van der Waals surface area contributed by atoms with Crippen LogP contribution >= 0.6 is 0 Å². The van der Waals surface area contributed by atoms with Gasteiger partial charge in [-0.05, 0) is 55.0 Å². The van der Waals surface area contributed by atoms with Crippen LogP contribution in [-0.2, 0) is 11.2 Å². The van der Waals surface area contributed by atoms with E-state index in [2.05, 4.69) is 5.32 Å². The zero-order chi connectivity index (χ0) is 22.0. The molecule has 0 radical (unpaired) electrons. The lowest BCUT2D eigenvalue weighted by atomic mass is 9.99. The minimum Gasteiger partial charge on any atom is -0.457 e. The van der Waals surface area contributed by atoms with Crippen molar-refractivity contribution < 1.29 is 24.4 Å². The first-order chi connectivity index (χ1) is 14.9. The Balaban J connectivity index is 1.43. The maximum atomic E-state index is 12.6. The van der Waals surface area contributed by atoms with E-state index in [0.717, 1.165) is 16.6 Å². The van der Waals surface area contributed by atoms with Gasteiger partial charge in [-0.25, -0.2) is 9.59 Å². The quantitative estimate of drug-likeness (QED) is 0.668. The lowest BCUT2D eigenvalue weighted by Gasteiger charge is -2.23. The van der Waals surface area contributed by atoms with Gasteiger partial charge in [0.25, 0.3) is 0 Å². The first kappa shape index (κ1) is 20.3. The third-order valence-corrected chi connectivity index (χ3v) is 5.07. The molecule has 0 unspecified atom stereocenters. The summed E-state index contributed by atoms with van der Waals surface area (Å²) in [5, 5.41) is 3.89. The predicted octanol–water partition coefficient (Wildman–Crippen LogP) is 3.24. The Hall–Kier alpha value is -3.97. The molecule has 0 aromatic heterocycles. The van der Waals surface area contributed by atoms with Crippen LogP contribution < -0.4 is 20.3 Å². The van der Waals surface area contributed by atoms with Gasteiger partial charge in [-0.1, -0.05) is 29.8 Å². The van der Waals surface area contributed by atoms with Gasteiger partial charge >= 0.3 is 11.9 Å². The van der Waals surface area contributed by atoms with E-state index in [-0.39, 0.29) is 24.3 Å². The fourth-order valence-corrected chi connectivity index (χ4v) is 3.42. The minimum atomic E-state index is -0.376. The van der Waals surface area contributed by atoms with Crippen LogP contribution in [0.15, 0.2) is 66.7 Å². The number of hydrogen-bond donors (Lipinski definition) is 2. The van der Waals surface area contributed by atoms with Crippen molar-refractivity contribution in [3.63, 3.8) is 0 Å². The van der Waals surface area contributed by atoms with E-state index in [0.29, 0.717) is 28.3 Å². The fraction of sp³-hybridized carbons (Fsp3) is 0.125. The van der Waals surface area contributed by atoms with Gasteiger partial charge in [0, 0.05) is 12.7 Å². The summed E-state index contributed by atoms with van der Waals surface area (Å²) in [5.74, 6) is 0.765. The second-order valence-corrected chi connectivity index (χ2v) is 7.38. The molecule has 0 aliphatic carbocycles. The van der Waals surface area contributed by atoms with Crippen molar-refractivity contribution >= 4 is 29.2 Å². The number of nitrogens with zero attached hydrogens (tertiary/aromatic N) is 1. The van der Waals surface area contributed by atoms with Crippen molar-refractivity contribution in [1.82, 2.24) is 0 Å². The minimum absolute atomic E-state index is 0.0202. The SMILES string of the molecule is Cc1ccc(Oc2ccc(NC(=O)Cc3cccc4c3C(=O)[NH2+]C(=O)N4C)cc2)cc1. The van der Waals surface area contributed by atoms with Crippen molar-refractivity contribution in [2.45, 2.75) is 13.3 Å². The predicted molar refractivity (Wildman–Crippen MR) is 117 cm³/mol. The van der Waals surface area contributed by atoms with Gasteiger partial charge in [-0.2, -0.15) is 5.32 Å². The van der Waals surface area contributed by atoms with Gasteiger partial charge in [-0.3, -0.25) is 9.69 Å². The lowest BCUT2D eigenvalue weighted by Crippen LogP contribution is -2.95. The van der Waals surface area contributed by atoms with Crippen LogP contribution in [0.2, 0.25) is 0 Å². The molecule has 0 saturated heterocycles. The standard InChI is InChI=1S/C24H21N3O4/c1-15-6-10-18(11-7-15)31-19-12-8-17(9-13-19)25-21(28)14-16-4-3-5-20-22(16)23(29)26-24(30)27(20)2/h3-13H,14H2,1-2H3,(H,25,28)(H,26,29,30)/p+1. The fourth-order valence-electron chi connectivity index (χ4n) is 3.42. The van der Waals surface area contributed by atoms with Crippen molar-refractivity contribution in [3.05, 3.63) is 83.4 Å². The Labute approximate surface area is 179 Å². The number of quaternary nitrogens is 1. The number of imide groups is 1. The van der Waals surface area contributed by atoms with Crippen molar-refractivity contribution in [1.29, 1.82) is 0 Å². The molecule has 0 fully saturated rings. The number of benzene rings is 3. The molecule has 0 saturated carbocycles. The molecule has 1 aliphatic heterocycles. The van der Waals surface area contributed by atoms with E-state index < -0.39 is 0 Å². The number of anilines is 2. The maximum Gasteiger partial charge on any atom is 0.427 e. The third-order valence-electron chi connectivity index (χ3n) is 5.07. The molecule has 4 rings (SSSR count). The Kier molecular flexibility index (Phi) is 5.51. The van der Waals surface area contributed by atoms with Crippen LogP contribution in [0.3, 0.4) is 0 Å². The first-order valence-corrected chi connectivity index (χ1v) is 9.84. The Bertz CT molecular complexity index is 1150. The van der Waals surface area contributed by atoms with Crippen molar-refractivity contribution in [2.24, 2.45) is 0 Å². The summed E-state index contributed by atoms with van der Waals surface area (Å²) in [6, 6.07) is 19.6. The molecule has 1 heterocycles. The molecule has 3 aromatic carbocycles. The number of carbonyl (C=O) groups excluding carboxylic acids is 3. The number of fused-ring (bicyclic) bond motifs is 1. The molecule has 7 heteroatoms. The number of nitrogens with one attached hydrogen (secondary N) is 1. The van der Waals surface area contributed by atoms with E-state index in [1.54, 1.807) is 49.5 Å². The second-order valence-electron chi connectivity index (χ2n) is 7.38. The molecule has 3 N–H and O–H groups in total. The maximum absolute atomic E-state index is 12.6. The highest BCUT2D eigenvalue weighted by Gasteiger charge is 2.34. The van der Waals surface area contributed by atoms with Gasteiger partial charge in [0.05, 0.1) is 12.1 Å². The van der Waals surface area contributed by atoms with Crippen LogP contribution in [0.25, 0.3) is 0 Å². The van der Waals surface area contributed by atoms with Gasteiger partial charge in [-0.15, -0.1) is 0 Å². The number of ether oxygens (including phenoxy) is 1. The number of rotatable bonds is 5. The average Bonchev–Trinajstić information content (AvgIpc) is 2.75. The first-order valence-electron chi connectivity index (χ1n) is 9.84. The Morgan fingerprint density at radius 3 is 2.29 bits per heavy atom. The van der Waals surface area contributed by atoms with Gasteiger partial charge in [0.1, 0.15) is 17.1 Å². The summed E-state index contributed by atoms with van der Waals surface area (Å²) in [5.41, 5.74) is 3.26. The number of aryl methyl sites for hydroxylation is 1. The molecule has 156 valence electrons. The van der Waals surface area contributed by atoms with E-state index >= 15 is 0 Å². The molecule has 3 aromatic rings. The molecule has 1 aliphatic rings. The molecule has 0 spiro atoms. The summed E-state index contributed by atoms with van der Waals surface area (Å²) in [7, 11) is 1.61. The van der Waals surface area contributed by atoms with E-state index in [9.17, 15) is 14.4 Å². The van der Waals surface area contributed by atoms with E-state index in [1.165, 1.54) is 4.90 Å². The summed E-state index contributed by atoms with van der Waals surface area (Å²) in [6.07, 6.45) is 0.0202. The number of amides is 4. The number of urea groups is 1. The molecule has 0 bridgehead atoms. The highest BCUT2D eigenvalue weighted by Crippen LogP contribution is 2.26. The molecule has 7 nitrogen and oxygen atoms in total. The normalized spacial score (nSPS) is 13.0. The van der Waals surface area contributed by atoms with Crippen LogP contribution in [0.4, 0.5) is 16.2 Å². The lowest BCUT2D eigenvalue weighted by molar-refractivity contribution is -0.449. The van der Waals surface area contributed by atoms with Crippen LogP contribution in [0.1, 0.15) is 21.5 Å². The number of carbonyl (C=O) groups is 3. The van der Waals surface area contributed by atoms with Crippen molar-refractivity contribution in [2.75, 3.05) is 17.3 Å². The number of primary amides is 2. The average molecular weight is 416 g/mol. The van der Waals surface area contributed by atoms with Crippen LogP contribution in [0.5, 0.6) is 11.5 Å². The molecular weight excluding hydrogens is 394 g/mol. The molecule has 4 amide bonds. The largest absolute Gasteiger partial charge is 0.457 e. The topological polar surface area (TPSA) is 92.3 Å². The zero-order valence-electron chi connectivity index (χ0n) is 17.2. The molecule has 0 atom stereocenters. The smallest absolute Gasteiger partial charge is 0.427 e. The Morgan fingerprint density at radius 2 is 1.61 bits per heavy atom. The van der Waals surface area contributed by atoms with Crippen LogP contribution in [0, 0.1) is 6.92 Å². The number of hydrogen-bond acceptors (Lipinski definition) is 4. The monoisotopic (exact) mass is 416 g/mol. The molecule has 31 heavy (non-hydrogen) atoms. The van der Waals surface area contributed by atoms with Crippen LogP contribution in [-0.4, -0.2) is 24.9 Å². The van der Waals surface area contributed by atoms with Gasteiger partial charge < -0.3 is 10.1 Å². The highest BCUT2D eigenvalue weighted by atomic mass is 16.5. The van der Waals surface area contributed by atoms with Gasteiger partial charge in [0.2, 0.25) is 5.91 Å². The Morgan fingerprint density at radius 1 is 0.968 bits per heavy atom. The van der Waals surface area contributed by atoms with E-state index in [4.69, 9.17) is 4.74 Å². The second kappa shape index (κ2) is 8.41. The third kappa shape index (κ3) is 4.46. The van der Waals surface area contributed by atoms with E-state index in [1.807, 2.05) is 31.2 Å². The molecular formula is C24H22N3O4+. The number of nitrogens with two attached hydrogens (primary N) is 1. The van der Waals surface area contributed by atoms with Crippen molar-refractivity contribution in [3.8, 4) is 11.5 Å².